The second-order valence-electron chi connectivity index (χ2n) is 5.17. The monoisotopic (exact) mass is 333 g/mol. The highest BCUT2D eigenvalue weighted by atomic mass is 35.5. The standard InChI is InChI=1S/C14H20ClNO2S2/c1-11-7-9-12(10-8-11)20(17,18)16(2)19-14-6-4-3-5-13(14)15/h7-10,13-14H,3-6H2,1-2H3. The molecule has 2 atom stereocenters. The molecule has 1 saturated carbocycles. The van der Waals surface area contributed by atoms with Crippen LogP contribution in [0.25, 0.3) is 0 Å². The molecule has 0 aliphatic heterocycles. The molecule has 3 nitrogen and oxygen atoms in total. The van der Waals surface area contributed by atoms with E-state index in [-0.39, 0.29) is 10.6 Å². The largest absolute Gasteiger partial charge is 0.252 e. The minimum absolute atomic E-state index is 0.0596. The van der Waals surface area contributed by atoms with Crippen molar-refractivity contribution in [3.63, 3.8) is 0 Å². The second kappa shape index (κ2) is 6.69. The number of nitrogens with zero attached hydrogens (tertiary/aromatic N) is 1. The van der Waals surface area contributed by atoms with Gasteiger partial charge in [-0.05, 0) is 31.9 Å². The van der Waals surface area contributed by atoms with Gasteiger partial charge in [0.1, 0.15) is 0 Å². The number of sulfonamides is 1. The van der Waals surface area contributed by atoms with E-state index >= 15 is 0 Å². The number of benzene rings is 1. The molecule has 0 heterocycles. The van der Waals surface area contributed by atoms with Crippen LogP contribution in [0.2, 0.25) is 0 Å². The predicted molar refractivity (Wildman–Crippen MR) is 85.6 cm³/mol. The van der Waals surface area contributed by atoms with Crippen molar-refractivity contribution in [2.24, 2.45) is 0 Å². The summed E-state index contributed by atoms with van der Waals surface area (Å²) in [6.45, 7) is 1.94. The third-order valence-electron chi connectivity index (χ3n) is 3.56. The first kappa shape index (κ1) is 16.1. The Morgan fingerprint density at radius 2 is 1.80 bits per heavy atom. The Labute approximate surface area is 130 Å². The quantitative estimate of drug-likeness (QED) is 0.621. The van der Waals surface area contributed by atoms with E-state index in [0.717, 1.165) is 31.2 Å². The minimum Gasteiger partial charge on any atom is -0.206 e. The Bertz CT molecular complexity index is 545. The van der Waals surface area contributed by atoms with Gasteiger partial charge < -0.3 is 0 Å². The molecule has 2 unspecified atom stereocenters. The van der Waals surface area contributed by atoms with Crippen molar-refractivity contribution >= 4 is 33.6 Å². The van der Waals surface area contributed by atoms with Crippen molar-refractivity contribution in [1.29, 1.82) is 0 Å². The first-order valence-electron chi connectivity index (χ1n) is 6.77. The first-order chi connectivity index (χ1) is 9.41. The van der Waals surface area contributed by atoms with Gasteiger partial charge in [0.25, 0.3) is 10.0 Å². The molecule has 1 aliphatic carbocycles. The zero-order valence-corrected chi connectivity index (χ0v) is 14.1. The molecule has 1 fully saturated rings. The fourth-order valence-electron chi connectivity index (χ4n) is 2.28. The molecule has 1 aromatic rings. The summed E-state index contributed by atoms with van der Waals surface area (Å²) < 4.78 is 26.3. The van der Waals surface area contributed by atoms with Gasteiger partial charge >= 0.3 is 0 Å². The highest BCUT2D eigenvalue weighted by molar-refractivity contribution is 8.08. The normalized spacial score (nSPS) is 24.0. The fourth-order valence-corrected chi connectivity index (χ4v) is 5.44. The highest BCUT2D eigenvalue weighted by Gasteiger charge is 2.30. The van der Waals surface area contributed by atoms with Crippen molar-refractivity contribution < 1.29 is 8.42 Å². The molecular formula is C14H20ClNO2S2. The van der Waals surface area contributed by atoms with Gasteiger partial charge in [-0.15, -0.1) is 15.3 Å². The topological polar surface area (TPSA) is 37.4 Å². The van der Waals surface area contributed by atoms with Gasteiger partial charge in [0, 0.05) is 17.7 Å². The molecule has 0 aromatic heterocycles. The number of alkyl halides is 1. The number of rotatable bonds is 4. The highest BCUT2D eigenvalue weighted by Crippen LogP contribution is 2.35. The van der Waals surface area contributed by atoms with Crippen molar-refractivity contribution in [2.45, 2.75) is 48.1 Å². The van der Waals surface area contributed by atoms with Gasteiger partial charge in [-0.25, -0.2) is 8.42 Å². The molecule has 0 radical (unpaired) electrons. The van der Waals surface area contributed by atoms with E-state index in [2.05, 4.69) is 0 Å². The van der Waals surface area contributed by atoms with Gasteiger partial charge in [0.2, 0.25) is 0 Å². The second-order valence-corrected chi connectivity index (χ2v) is 9.30. The van der Waals surface area contributed by atoms with E-state index in [1.165, 1.54) is 15.7 Å². The summed E-state index contributed by atoms with van der Waals surface area (Å²) in [7, 11) is -1.83. The van der Waals surface area contributed by atoms with E-state index < -0.39 is 10.0 Å². The van der Waals surface area contributed by atoms with Gasteiger partial charge in [0.15, 0.2) is 0 Å². The predicted octanol–water partition coefficient (Wildman–Crippen LogP) is 3.81. The van der Waals surface area contributed by atoms with Gasteiger partial charge in [0.05, 0.1) is 4.90 Å². The summed E-state index contributed by atoms with van der Waals surface area (Å²) in [5, 5.41) is 0.236. The number of halogens is 1. The first-order valence-corrected chi connectivity index (χ1v) is 9.49. The van der Waals surface area contributed by atoms with Crippen LogP contribution in [0.15, 0.2) is 29.2 Å². The van der Waals surface area contributed by atoms with Crippen LogP contribution >= 0.6 is 23.5 Å². The molecule has 2 rings (SSSR count). The average molecular weight is 334 g/mol. The molecule has 0 bridgehead atoms. The van der Waals surface area contributed by atoms with Crippen molar-refractivity contribution in [3.05, 3.63) is 29.8 Å². The molecule has 0 N–H and O–H groups in total. The van der Waals surface area contributed by atoms with Crippen LogP contribution in [0.1, 0.15) is 31.2 Å². The lowest BCUT2D eigenvalue weighted by Crippen LogP contribution is -2.29. The van der Waals surface area contributed by atoms with Gasteiger partial charge in [-0.3, -0.25) is 0 Å². The van der Waals surface area contributed by atoms with Gasteiger partial charge in [-0.1, -0.05) is 42.5 Å². The van der Waals surface area contributed by atoms with E-state index in [0.29, 0.717) is 4.90 Å². The van der Waals surface area contributed by atoms with Crippen molar-refractivity contribution in [1.82, 2.24) is 3.71 Å². The number of aryl methyl sites for hydroxylation is 1. The van der Waals surface area contributed by atoms with Crippen LogP contribution in [0.4, 0.5) is 0 Å². The molecule has 20 heavy (non-hydrogen) atoms. The Kier molecular flexibility index (Phi) is 5.40. The maximum Gasteiger partial charge on any atom is 0.252 e. The molecule has 0 saturated heterocycles. The van der Waals surface area contributed by atoms with E-state index in [1.54, 1.807) is 19.2 Å². The van der Waals surface area contributed by atoms with E-state index in [1.807, 2.05) is 19.1 Å². The summed E-state index contributed by atoms with van der Waals surface area (Å²) in [5.41, 5.74) is 1.05. The van der Waals surface area contributed by atoms with Crippen LogP contribution < -0.4 is 0 Å². The molecule has 0 amide bonds. The molecule has 6 heteroatoms. The summed E-state index contributed by atoms with van der Waals surface area (Å²) in [4.78, 5) is 0.333. The lowest BCUT2D eigenvalue weighted by atomic mass is 10.00. The van der Waals surface area contributed by atoms with Gasteiger partial charge in [-0.2, -0.15) is 0 Å². The zero-order valence-electron chi connectivity index (χ0n) is 11.8. The maximum atomic E-state index is 12.5. The van der Waals surface area contributed by atoms with Crippen LogP contribution in [-0.4, -0.2) is 29.8 Å². The summed E-state index contributed by atoms with van der Waals surface area (Å²) in [6, 6.07) is 6.94. The summed E-state index contributed by atoms with van der Waals surface area (Å²) >= 11 is 7.65. The third kappa shape index (κ3) is 3.70. The average Bonchev–Trinajstić information content (AvgIpc) is 2.41. The van der Waals surface area contributed by atoms with Crippen LogP contribution in [-0.2, 0) is 10.0 Å². The lowest BCUT2D eigenvalue weighted by molar-refractivity contribution is 0.515. The van der Waals surface area contributed by atoms with Crippen LogP contribution in [0.5, 0.6) is 0 Å². The maximum absolute atomic E-state index is 12.5. The molecular weight excluding hydrogens is 314 g/mol. The SMILES string of the molecule is Cc1ccc(S(=O)(=O)N(C)SC2CCCCC2Cl)cc1. The van der Waals surface area contributed by atoms with E-state index in [9.17, 15) is 8.42 Å². The summed E-state index contributed by atoms with van der Waals surface area (Å²) in [6.07, 6.45) is 4.21. The Morgan fingerprint density at radius 3 is 2.40 bits per heavy atom. The molecule has 1 aliphatic rings. The molecule has 112 valence electrons. The molecule has 1 aromatic carbocycles. The number of hydrogen-bond donors (Lipinski definition) is 0. The lowest BCUT2D eigenvalue weighted by Gasteiger charge is -2.29. The number of hydrogen-bond acceptors (Lipinski definition) is 3. The Hall–Kier alpha value is -0.230. The minimum atomic E-state index is -3.44. The Morgan fingerprint density at radius 1 is 1.20 bits per heavy atom. The van der Waals surface area contributed by atoms with E-state index in [4.69, 9.17) is 11.6 Å². The Balaban J connectivity index is 2.10. The van der Waals surface area contributed by atoms with Crippen LogP contribution in [0, 0.1) is 6.92 Å². The fraction of sp³-hybridized carbons (Fsp3) is 0.571. The van der Waals surface area contributed by atoms with Crippen LogP contribution in [0.3, 0.4) is 0 Å². The summed E-state index contributed by atoms with van der Waals surface area (Å²) in [5.74, 6) is 0. The third-order valence-corrected chi connectivity index (χ3v) is 7.76. The van der Waals surface area contributed by atoms with Crippen molar-refractivity contribution in [3.8, 4) is 0 Å². The van der Waals surface area contributed by atoms with Crippen molar-refractivity contribution in [2.75, 3.05) is 7.05 Å². The zero-order chi connectivity index (χ0) is 14.8. The molecule has 0 spiro atoms. The smallest absolute Gasteiger partial charge is 0.206 e.